The maximum Gasteiger partial charge on any atom is 0.350 e. The van der Waals surface area contributed by atoms with Crippen LogP contribution in [0.3, 0.4) is 0 Å². The minimum atomic E-state index is -4.25. The zero-order valence-corrected chi connectivity index (χ0v) is 10.7. The van der Waals surface area contributed by atoms with Crippen molar-refractivity contribution >= 4 is 7.60 Å². The Morgan fingerprint density at radius 2 is 2.16 bits per heavy atom. The van der Waals surface area contributed by atoms with Gasteiger partial charge in [-0.1, -0.05) is 0 Å². The van der Waals surface area contributed by atoms with E-state index in [1.54, 1.807) is 10.8 Å². The molecule has 0 amide bonds. The monoisotopic (exact) mass is 288 g/mol. The average Bonchev–Trinajstić information content (AvgIpc) is 2.80. The molecule has 2 heterocycles. The van der Waals surface area contributed by atoms with Crippen LogP contribution in [0.5, 0.6) is 0 Å². The van der Waals surface area contributed by atoms with Crippen LogP contribution in [-0.2, 0) is 15.8 Å². The molecule has 0 aromatic rings. The quantitative estimate of drug-likeness (QED) is 0.594. The first-order valence-corrected chi connectivity index (χ1v) is 7.17. The van der Waals surface area contributed by atoms with E-state index in [9.17, 15) is 4.57 Å². The molecule has 3 N–H and O–H groups in total. The molecule has 10 heteroatoms. The smallest absolute Gasteiger partial charge is 0.350 e. The lowest BCUT2D eigenvalue weighted by atomic mass is 10.3. The molecule has 0 saturated carbocycles. The summed E-state index contributed by atoms with van der Waals surface area (Å²) in [5.74, 6) is 0.507. The number of rotatable bonds is 6. The third kappa shape index (κ3) is 4.05. The summed E-state index contributed by atoms with van der Waals surface area (Å²) in [4.78, 5) is 29.3. The van der Waals surface area contributed by atoms with E-state index in [0.717, 1.165) is 0 Å². The third-order valence-electron chi connectivity index (χ3n) is 2.32. The maximum absolute atomic E-state index is 10.7. The standard InChI is InChI=1S/C9H13N4O5P/c14-3-7(18-6-19(15,16)17)1-13-2-8-9(12-5-13)11-4-10-8/h2,4-5,7,14H,1,3,6H2,(H2,15,16,17). The fraction of sp³-hybridized carbons (Fsp3) is 0.444. The Hall–Kier alpha value is -1.38. The summed E-state index contributed by atoms with van der Waals surface area (Å²) in [6, 6.07) is 0. The van der Waals surface area contributed by atoms with Crippen LogP contribution in [-0.4, -0.2) is 53.5 Å². The minimum absolute atomic E-state index is 0.201. The van der Waals surface area contributed by atoms with E-state index in [1.165, 1.54) is 12.7 Å². The molecule has 0 aromatic heterocycles. The molecule has 1 unspecified atom stereocenters. The summed E-state index contributed by atoms with van der Waals surface area (Å²) in [7, 11) is -4.25. The minimum Gasteiger partial charge on any atom is -0.394 e. The summed E-state index contributed by atoms with van der Waals surface area (Å²) < 4.78 is 17.3. The molecule has 2 rings (SSSR count). The lowest BCUT2D eigenvalue weighted by Crippen LogP contribution is -2.25. The molecule has 0 bridgehead atoms. The SMILES string of the molecule is O=P(O)(O)COC(CO)Cn1cnc2ncnc-2c1. The van der Waals surface area contributed by atoms with Gasteiger partial charge in [0.05, 0.1) is 25.6 Å². The molecule has 2 aliphatic rings. The van der Waals surface area contributed by atoms with E-state index in [0.29, 0.717) is 11.5 Å². The normalized spacial score (nSPS) is 13.8. The zero-order chi connectivity index (χ0) is 13.9. The summed E-state index contributed by atoms with van der Waals surface area (Å²) in [5.41, 5.74) is 0.592. The Morgan fingerprint density at radius 1 is 1.37 bits per heavy atom. The van der Waals surface area contributed by atoms with Crippen molar-refractivity contribution in [1.29, 1.82) is 0 Å². The molecular weight excluding hydrogens is 275 g/mol. The Bertz CT molecular complexity index is 555. The Kier molecular flexibility index (Phi) is 4.23. The molecule has 0 saturated heterocycles. The van der Waals surface area contributed by atoms with E-state index in [-0.39, 0.29) is 13.2 Å². The van der Waals surface area contributed by atoms with Crippen molar-refractivity contribution in [3.63, 3.8) is 0 Å². The second kappa shape index (κ2) is 5.72. The molecule has 0 radical (unpaired) electrons. The predicted octanol–water partition coefficient (Wildman–Crippen LogP) is -0.709. The van der Waals surface area contributed by atoms with Crippen LogP contribution in [0.2, 0.25) is 0 Å². The number of imidazole rings is 1. The Morgan fingerprint density at radius 3 is 2.84 bits per heavy atom. The van der Waals surface area contributed by atoms with Crippen molar-refractivity contribution in [2.45, 2.75) is 12.6 Å². The highest BCUT2D eigenvalue weighted by Crippen LogP contribution is 2.34. The van der Waals surface area contributed by atoms with E-state index in [1.807, 2.05) is 0 Å². The van der Waals surface area contributed by atoms with Crippen LogP contribution in [0.15, 0.2) is 18.9 Å². The molecule has 0 spiro atoms. The zero-order valence-electron chi connectivity index (χ0n) is 9.82. The highest BCUT2D eigenvalue weighted by molar-refractivity contribution is 7.51. The number of hydrogen-bond donors (Lipinski definition) is 3. The third-order valence-corrected chi connectivity index (χ3v) is 2.80. The van der Waals surface area contributed by atoms with E-state index < -0.39 is 20.0 Å². The molecular formula is C9H13N4O5P. The fourth-order valence-corrected chi connectivity index (χ4v) is 1.89. The molecule has 9 nitrogen and oxygen atoms in total. The molecule has 19 heavy (non-hydrogen) atoms. The molecule has 1 atom stereocenters. The van der Waals surface area contributed by atoms with Crippen LogP contribution >= 0.6 is 7.60 Å². The van der Waals surface area contributed by atoms with Gasteiger partial charge in [-0.2, -0.15) is 0 Å². The number of hydrogen-bond acceptors (Lipinski definition) is 6. The predicted molar refractivity (Wildman–Crippen MR) is 63.3 cm³/mol. The topological polar surface area (TPSA) is 131 Å². The van der Waals surface area contributed by atoms with Crippen molar-refractivity contribution in [2.75, 3.05) is 13.0 Å². The van der Waals surface area contributed by atoms with Crippen molar-refractivity contribution in [1.82, 2.24) is 19.5 Å². The fourth-order valence-electron chi connectivity index (χ4n) is 1.48. The first-order chi connectivity index (χ1) is 8.98. The Balaban J connectivity index is 2.01. The first kappa shape index (κ1) is 14.0. The van der Waals surface area contributed by atoms with Gasteiger partial charge in [0.15, 0.2) is 5.82 Å². The lowest BCUT2D eigenvalue weighted by molar-refractivity contribution is 0.0194. The Labute approximate surface area is 108 Å². The summed E-state index contributed by atoms with van der Waals surface area (Å²) in [6.45, 7) is -0.163. The van der Waals surface area contributed by atoms with Crippen LogP contribution in [0.1, 0.15) is 0 Å². The van der Waals surface area contributed by atoms with E-state index in [2.05, 4.69) is 15.0 Å². The van der Waals surface area contributed by atoms with Crippen LogP contribution in [0, 0.1) is 0 Å². The van der Waals surface area contributed by atoms with Gasteiger partial charge in [0.2, 0.25) is 0 Å². The van der Waals surface area contributed by atoms with Crippen molar-refractivity contribution in [3.8, 4) is 11.5 Å². The number of fused-ring (bicyclic) bond motifs is 1. The van der Waals surface area contributed by atoms with E-state index >= 15 is 0 Å². The van der Waals surface area contributed by atoms with Gasteiger partial charge in [0.25, 0.3) is 0 Å². The second-order valence-electron chi connectivity index (χ2n) is 3.92. The molecule has 0 fully saturated rings. The van der Waals surface area contributed by atoms with Gasteiger partial charge in [-0.05, 0) is 0 Å². The van der Waals surface area contributed by atoms with Crippen molar-refractivity contribution in [2.24, 2.45) is 0 Å². The lowest BCUT2D eigenvalue weighted by Gasteiger charge is -2.17. The average molecular weight is 288 g/mol. The van der Waals surface area contributed by atoms with Gasteiger partial charge in [-0.25, -0.2) is 15.0 Å². The first-order valence-electron chi connectivity index (χ1n) is 5.37. The largest absolute Gasteiger partial charge is 0.394 e. The summed E-state index contributed by atoms with van der Waals surface area (Å²) in [5, 5.41) is 9.12. The van der Waals surface area contributed by atoms with Crippen molar-refractivity contribution < 1.29 is 24.2 Å². The maximum atomic E-state index is 10.7. The van der Waals surface area contributed by atoms with E-state index in [4.69, 9.17) is 19.6 Å². The molecule has 0 aliphatic carbocycles. The summed E-state index contributed by atoms with van der Waals surface area (Å²) in [6.07, 6.45) is 3.07. The number of ether oxygens (including phenoxy) is 1. The number of aliphatic hydroxyl groups is 1. The number of nitrogens with zero attached hydrogens (tertiary/aromatic N) is 4. The van der Waals surface area contributed by atoms with Crippen molar-refractivity contribution in [3.05, 3.63) is 18.9 Å². The number of aromatic nitrogens is 4. The molecule has 104 valence electrons. The van der Waals surface area contributed by atoms with Crippen LogP contribution in [0.25, 0.3) is 11.5 Å². The van der Waals surface area contributed by atoms with Crippen LogP contribution < -0.4 is 0 Å². The second-order valence-corrected chi connectivity index (χ2v) is 5.51. The van der Waals surface area contributed by atoms with Gasteiger partial charge in [-0.3, -0.25) is 4.57 Å². The molecule has 0 aromatic carbocycles. The van der Waals surface area contributed by atoms with Gasteiger partial charge < -0.3 is 24.2 Å². The number of aliphatic hydroxyl groups excluding tert-OH is 1. The van der Waals surface area contributed by atoms with Gasteiger partial charge >= 0.3 is 7.60 Å². The van der Waals surface area contributed by atoms with Gasteiger partial charge in [0, 0.05) is 6.20 Å². The highest BCUT2D eigenvalue weighted by Gasteiger charge is 2.18. The van der Waals surface area contributed by atoms with Crippen LogP contribution in [0.4, 0.5) is 0 Å². The summed E-state index contributed by atoms with van der Waals surface area (Å²) >= 11 is 0. The highest BCUT2D eigenvalue weighted by atomic mass is 31.2. The van der Waals surface area contributed by atoms with Gasteiger partial charge in [0.1, 0.15) is 18.4 Å². The van der Waals surface area contributed by atoms with Gasteiger partial charge in [-0.15, -0.1) is 0 Å². The molecule has 2 aliphatic heterocycles.